The van der Waals surface area contributed by atoms with E-state index in [1.165, 1.54) is 0 Å². The molecule has 0 saturated heterocycles. The van der Waals surface area contributed by atoms with Crippen LogP contribution in [0.2, 0.25) is 0 Å². The highest BCUT2D eigenvalue weighted by Gasteiger charge is 2.16. The lowest BCUT2D eigenvalue weighted by Crippen LogP contribution is -2.00. The number of fused-ring (bicyclic) bond motifs is 1. The van der Waals surface area contributed by atoms with E-state index in [-0.39, 0.29) is 5.78 Å². The van der Waals surface area contributed by atoms with Crippen LogP contribution >= 0.6 is 11.6 Å². The molecule has 0 bridgehead atoms. The highest BCUT2D eigenvalue weighted by molar-refractivity contribution is 6.18. The first-order chi connectivity index (χ1) is 7.74. The van der Waals surface area contributed by atoms with Crippen molar-refractivity contribution < 1.29 is 9.21 Å². The summed E-state index contributed by atoms with van der Waals surface area (Å²) in [4.78, 5) is 12.0. The molecule has 0 aliphatic heterocycles. The van der Waals surface area contributed by atoms with Crippen molar-refractivity contribution >= 4 is 28.4 Å². The number of hydrogen-bond donors (Lipinski definition) is 0. The van der Waals surface area contributed by atoms with E-state index in [1.807, 2.05) is 31.2 Å². The van der Waals surface area contributed by atoms with Crippen molar-refractivity contribution in [3.63, 3.8) is 0 Å². The monoisotopic (exact) mass is 236 g/mol. The SMILES string of the molecule is Cc1oc2ccccc2c1C(=O)CCCCl. The third kappa shape index (κ3) is 1.98. The van der Waals surface area contributed by atoms with Crippen LogP contribution in [0.3, 0.4) is 0 Å². The molecule has 84 valence electrons. The summed E-state index contributed by atoms with van der Waals surface area (Å²) >= 11 is 5.59. The minimum atomic E-state index is 0.114. The highest BCUT2D eigenvalue weighted by atomic mass is 35.5. The molecule has 0 radical (unpaired) electrons. The molecule has 2 aromatic rings. The minimum absolute atomic E-state index is 0.114. The van der Waals surface area contributed by atoms with Gasteiger partial charge in [-0.25, -0.2) is 0 Å². The number of hydrogen-bond acceptors (Lipinski definition) is 2. The second-order valence-electron chi connectivity index (χ2n) is 3.75. The van der Waals surface area contributed by atoms with Crippen molar-refractivity contribution in [3.8, 4) is 0 Å². The Morgan fingerprint density at radius 1 is 1.38 bits per heavy atom. The number of alkyl halides is 1. The zero-order chi connectivity index (χ0) is 11.5. The van der Waals surface area contributed by atoms with Gasteiger partial charge in [-0.05, 0) is 19.4 Å². The molecule has 0 amide bonds. The summed E-state index contributed by atoms with van der Waals surface area (Å²) < 4.78 is 5.55. The fourth-order valence-corrected chi connectivity index (χ4v) is 2.00. The van der Waals surface area contributed by atoms with E-state index < -0.39 is 0 Å². The van der Waals surface area contributed by atoms with Gasteiger partial charge in [-0.15, -0.1) is 11.6 Å². The highest BCUT2D eigenvalue weighted by Crippen LogP contribution is 2.26. The van der Waals surface area contributed by atoms with Gasteiger partial charge in [0.15, 0.2) is 5.78 Å². The van der Waals surface area contributed by atoms with E-state index in [2.05, 4.69) is 0 Å². The molecule has 1 heterocycles. The average Bonchev–Trinajstić information content (AvgIpc) is 2.62. The largest absolute Gasteiger partial charge is 0.461 e. The van der Waals surface area contributed by atoms with Gasteiger partial charge in [0.25, 0.3) is 0 Å². The Balaban J connectivity index is 2.43. The second-order valence-corrected chi connectivity index (χ2v) is 4.12. The molecule has 3 heteroatoms. The maximum absolute atomic E-state index is 12.0. The number of para-hydroxylation sites is 1. The first-order valence-corrected chi connectivity index (χ1v) is 5.85. The first kappa shape index (κ1) is 11.2. The summed E-state index contributed by atoms with van der Waals surface area (Å²) in [5.74, 6) is 1.32. The van der Waals surface area contributed by atoms with E-state index in [4.69, 9.17) is 16.0 Å². The van der Waals surface area contributed by atoms with Crippen molar-refractivity contribution in [2.75, 3.05) is 5.88 Å². The maximum atomic E-state index is 12.0. The van der Waals surface area contributed by atoms with Gasteiger partial charge in [-0.2, -0.15) is 0 Å². The van der Waals surface area contributed by atoms with Crippen LogP contribution < -0.4 is 0 Å². The molecule has 0 saturated carbocycles. The Hall–Kier alpha value is -1.28. The van der Waals surface area contributed by atoms with Crippen molar-refractivity contribution in [1.82, 2.24) is 0 Å². The Labute approximate surface area is 99.2 Å². The molecule has 0 spiro atoms. The minimum Gasteiger partial charge on any atom is -0.461 e. The number of carbonyl (C=O) groups excluding carboxylic acids is 1. The lowest BCUT2D eigenvalue weighted by atomic mass is 10.0. The molecule has 0 aliphatic rings. The predicted molar refractivity (Wildman–Crippen MR) is 65.2 cm³/mol. The van der Waals surface area contributed by atoms with Crippen molar-refractivity contribution in [2.45, 2.75) is 19.8 Å². The number of rotatable bonds is 4. The van der Waals surface area contributed by atoms with Gasteiger partial charge < -0.3 is 4.42 Å². The van der Waals surface area contributed by atoms with Crippen LogP contribution in [0, 0.1) is 6.92 Å². The van der Waals surface area contributed by atoms with E-state index >= 15 is 0 Å². The summed E-state index contributed by atoms with van der Waals surface area (Å²) in [6.07, 6.45) is 1.19. The third-order valence-corrected chi connectivity index (χ3v) is 2.86. The molecule has 0 N–H and O–H groups in total. The number of furan rings is 1. The van der Waals surface area contributed by atoms with Gasteiger partial charge >= 0.3 is 0 Å². The Morgan fingerprint density at radius 2 is 2.12 bits per heavy atom. The zero-order valence-electron chi connectivity index (χ0n) is 9.13. The quantitative estimate of drug-likeness (QED) is 0.595. The maximum Gasteiger partial charge on any atom is 0.167 e. The van der Waals surface area contributed by atoms with E-state index in [0.29, 0.717) is 30.0 Å². The van der Waals surface area contributed by atoms with Gasteiger partial charge in [-0.1, -0.05) is 18.2 Å². The molecule has 2 nitrogen and oxygen atoms in total. The number of ketones is 1. The van der Waals surface area contributed by atoms with Crippen LogP contribution in [-0.2, 0) is 0 Å². The van der Waals surface area contributed by atoms with Crippen LogP contribution in [0.15, 0.2) is 28.7 Å². The summed E-state index contributed by atoms with van der Waals surface area (Å²) in [6, 6.07) is 7.61. The van der Waals surface area contributed by atoms with Gasteiger partial charge in [-0.3, -0.25) is 4.79 Å². The average molecular weight is 237 g/mol. The Bertz CT molecular complexity index is 514. The molecule has 0 unspecified atom stereocenters. The van der Waals surface area contributed by atoms with Crippen molar-refractivity contribution in [1.29, 1.82) is 0 Å². The summed E-state index contributed by atoms with van der Waals surface area (Å²) in [5, 5.41) is 0.902. The summed E-state index contributed by atoms with van der Waals surface area (Å²) in [7, 11) is 0. The zero-order valence-corrected chi connectivity index (χ0v) is 9.88. The third-order valence-electron chi connectivity index (χ3n) is 2.59. The van der Waals surface area contributed by atoms with Crippen LogP contribution in [0.4, 0.5) is 0 Å². The normalized spacial score (nSPS) is 10.9. The number of carbonyl (C=O) groups is 1. The molecule has 0 fully saturated rings. The van der Waals surface area contributed by atoms with Crippen LogP contribution in [-0.4, -0.2) is 11.7 Å². The fourth-order valence-electron chi connectivity index (χ4n) is 1.87. The molecular weight excluding hydrogens is 224 g/mol. The van der Waals surface area contributed by atoms with Crippen LogP contribution in [0.1, 0.15) is 29.0 Å². The van der Waals surface area contributed by atoms with Gasteiger partial charge in [0.05, 0.1) is 5.56 Å². The van der Waals surface area contributed by atoms with E-state index in [1.54, 1.807) is 0 Å². The summed E-state index contributed by atoms with van der Waals surface area (Å²) in [5.41, 5.74) is 1.48. The lowest BCUT2D eigenvalue weighted by molar-refractivity contribution is 0.0982. The van der Waals surface area contributed by atoms with E-state index in [9.17, 15) is 4.79 Å². The van der Waals surface area contributed by atoms with Crippen molar-refractivity contribution in [2.24, 2.45) is 0 Å². The standard InChI is InChI=1S/C13H13ClO2/c1-9-13(11(15)6-4-8-14)10-5-2-3-7-12(10)16-9/h2-3,5,7H,4,6,8H2,1H3. The van der Waals surface area contributed by atoms with Gasteiger partial charge in [0.1, 0.15) is 11.3 Å². The van der Waals surface area contributed by atoms with Gasteiger partial charge in [0, 0.05) is 17.7 Å². The first-order valence-electron chi connectivity index (χ1n) is 5.31. The van der Waals surface area contributed by atoms with Crippen LogP contribution in [0.5, 0.6) is 0 Å². The van der Waals surface area contributed by atoms with Crippen molar-refractivity contribution in [3.05, 3.63) is 35.6 Å². The molecule has 0 aliphatic carbocycles. The number of halogens is 1. The predicted octanol–water partition coefficient (Wildman–Crippen LogP) is 3.94. The number of Topliss-reactive ketones (excluding diaryl/α,β-unsaturated/α-hetero) is 1. The molecule has 16 heavy (non-hydrogen) atoms. The van der Waals surface area contributed by atoms with E-state index in [0.717, 1.165) is 11.0 Å². The smallest absolute Gasteiger partial charge is 0.167 e. The Kier molecular flexibility index (Phi) is 3.30. The topological polar surface area (TPSA) is 30.2 Å². The fraction of sp³-hybridized carbons (Fsp3) is 0.308. The molecule has 1 aromatic carbocycles. The van der Waals surface area contributed by atoms with Gasteiger partial charge in [0.2, 0.25) is 0 Å². The molecule has 0 atom stereocenters. The number of benzene rings is 1. The number of aryl methyl sites for hydroxylation is 1. The lowest BCUT2D eigenvalue weighted by Gasteiger charge is -1.97. The molecular formula is C13H13ClO2. The molecule has 2 rings (SSSR count). The van der Waals surface area contributed by atoms with Crippen LogP contribution in [0.25, 0.3) is 11.0 Å². The summed E-state index contributed by atoms with van der Waals surface area (Å²) in [6.45, 7) is 1.83. The molecule has 1 aromatic heterocycles. The Morgan fingerprint density at radius 3 is 2.88 bits per heavy atom. The second kappa shape index (κ2) is 4.71.